The maximum Gasteiger partial charge on any atom is 0.234 e. The van der Waals surface area contributed by atoms with Crippen LogP contribution >= 0.6 is 11.8 Å². The number of thioether (sulfide) groups is 1. The third kappa shape index (κ3) is 1.10. The van der Waals surface area contributed by atoms with Crippen molar-refractivity contribution < 1.29 is 4.79 Å². The standard InChI is InChI=1S/C4H4N2OS/c7-4-6-1-2-8-3-5-6/h1-4H. The summed E-state index contributed by atoms with van der Waals surface area (Å²) in [6, 6.07) is 0. The molecular weight excluding hydrogens is 124 g/mol. The summed E-state index contributed by atoms with van der Waals surface area (Å²) in [5.41, 5.74) is 1.59. The zero-order valence-corrected chi connectivity index (χ0v) is 4.84. The van der Waals surface area contributed by atoms with Gasteiger partial charge in [-0.25, -0.2) is 5.01 Å². The van der Waals surface area contributed by atoms with Crippen LogP contribution in [-0.2, 0) is 4.79 Å². The van der Waals surface area contributed by atoms with Crippen LogP contribution in [0.25, 0.3) is 0 Å². The lowest BCUT2D eigenvalue weighted by Crippen LogP contribution is -2.06. The van der Waals surface area contributed by atoms with E-state index in [-0.39, 0.29) is 0 Å². The van der Waals surface area contributed by atoms with Gasteiger partial charge in [-0.05, 0) is 5.41 Å². The molecule has 0 N–H and O–H groups in total. The minimum atomic E-state index is 0.646. The zero-order valence-electron chi connectivity index (χ0n) is 4.02. The van der Waals surface area contributed by atoms with Crippen LogP contribution in [0, 0.1) is 0 Å². The van der Waals surface area contributed by atoms with Crippen molar-refractivity contribution in [3.05, 3.63) is 11.6 Å². The van der Waals surface area contributed by atoms with E-state index < -0.39 is 0 Å². The summed E-state index contributed by atoms with van der Waals surface area (Å²) in [5, 5.41) is 6.65. The Morgan fingerprint density at radius 2 is 2.62 bits per heavy atom. The molecule has 1 amide bonds. The summed E-state index contributed by atoms with van der Waals surface area (Å²) >= 11 is 1.44. The highest BCUT2D eigenvalue weighted by atomic mass is 32.2. The van der Waals surface area contributed by atoms with E-state index in [2.05, 4.69) is 5.10 Å². The van der Waals surface area contributed by atoms with Crippen LogP contribution in [0.3, 0.4) is 0 Å². The number of carbonyl (C=O) groups is 1. The molecule has 0 bridgehead atoms. The molecule has 0 spiro atoms. The quantitative estimate of drug-likeness (QED) is 0.484. The molecule has 42 valence electrons. The number of amides is 1. The third-order valence-corrected chi connectivity index (χ3v) is 1.14. The van der Waals surface area contributed by atoms with Crippen molar-refractivity contribution in [2.75, 3.05) is 0 Å². The topological polar surface area (TPSA) is 32.7 Å². The second-order valence-corrected chi connectivity index (χ2v) is 1.88. The molecule has 1 aliphatic heterocycles. The molecule has 1 rings (SSSR count). The maximum atomic E-state index is 9.91. The highest BCUT2D eigenvalue weighted by Gasteiger charge is 1.92. The highest BCUT2D eigenvalue weighted by molar-refractivity contribution is 8.14. The number of nitrogens with zero attached hydrogens (tertiary/aromatic N) is 2. The molecule has 0 fully saturated rings. The molecule has 0 aromatic heterocycles. The van der Waals surface area contributed by atoms with Crippen molar-refractivity contribution in [3.8, 4) is 0 Å². The first-order chi connectivity index (χ1) is 3.93. The van der Waals surface area contributed by atoms with Crippen molar-refractivity contribution in [2.24, 2.45) is 5.10 Å². The smallest absolute Gasteiger partial charge is 0.234 e. The lowest BCUT2D eigenvalue weighted by molar-refractivity contribution is -0.115. The molecule has 0 saturated heterocycles. The van der Waals surface area contributed by atoms with Gasteiger partial charge in [0.25, 0.3) is 0 Å². The van der Waals surface area contributed by atoms with Crippen LogP contribution < -0.4 is 0 Å². The molecule has 0 radical (unpaired) electrons. The molecule has 0 atom stereocenters. The molecule has 4 heteroatoms. The number of hydrogen-bond acceptors (Lipinski definition) is 3. The predicted molar refractivity (Wildman–Crippen MR) is 33.1 cm³/mol. The Balaban J connectivity index is 2.54. The molecule has 0 saturated carbocycles. The van der Waals surface area contributed by atoms with E-state index in [0.717, 1.165) is 0 Å². The SMILES string of the molecule is O=CN1C=CSC=N1. The van der Waals surface area contributed by atoms with Gasteiger partial charge in [-0.1, -0.05) is 11.8 Å². The Bertz CT molecular complexity index is 131. The van der Waals surface area contributed by atoms with Crippen molar-refractivity contribution in [1.29, 1.82) is 0 Å². The van der Waals surface area contributed by atoms with Gasteiger partial charge < -0.3 is 0 Å². The average molecular weight is 128 g/mol. The number of hydrogen-bond donors (Lipinski definition) is 0. The summed E-state index contributed by atoms with van der Waals surface area (Å²) < 4.78 is 0. The van der Waals surface area contributed by atoms with Crippen LogP contribution in [0.4, 0.5) is 0 Å². The summed E-state index contributed by atoms with van der Waals surface area (Å²) in [5.74, 6) is 0. The van der Waals surface area contributed by atoms with Gasteiger partial charge in [0.15, 0.2) is 0 Å². The van der Waals surface area contributed by atoms with Crippen LogP contribution in [0.2, 0.25) is 0 Å². The third-order valence-electron chi connectivity index (χ3n) is 0.641. The molecule has 1 aliphatic rings. The summed E-state index contributed by atoms with van der Waals surface area (Å²) in [6.07, 6.45) is 2.24. The van der Waals surface area contributed by atoms with Crippen molar-refractivity contribution >= 4 is 23.7 Å². The maximum absolute atomic E-state index is 9.91. The van der Waals surface area contributed by atoms with Gasteiger partial charge in [0.05, 0.1) is 5.55 Å². The Labute approximate surface area is 51.0 Å². The largest absolute Gasteiger partial charge is 0.276 e. The lowest BCUT2D eigenvalue weighted by Gasteiger charge is -2.04. The minimum absolute atomic E-state index is 0.646. The van der Waals surface area contributed by atoms with Gasteiger partial charge in [0, 0.05) is 6.20 Å². The minimum Gasteiger partial charge on any atom is -0.276 e. The van der Waals surface area contributed by atoms with E-state index in [0.29, 0.717) is 6.41 Å². The Kier molecular flexibility index (Phi) is 1.69. The molecule has 8 heavy (non-hydrogen) atoms. The van der Waals surface area contributed by atoms with Crippen molar-refractivity contribution in [1.82, 2.24) is 5.01 Å². The van der Waals surface area contributed by atoms with E-state index in [1.54, 1.807) is 17.2 Å². The lowest BCUT2D eigenvalue weighted by atomic mass is 10.9. The molecule has 3 nitrogen and oxygen atoms in total. The Morgan fingerprint density at radius 1 is 1.75 bits per heavy atom. The van der Waals surface area contributed by atoms with Gasteiger partial charge in [0.2, 0.25) is 6.41 Å². The Hall–Kier alpha value is -0.770. The monoisotopic (exact) mass is 128 g/mol. The summed E-state index contributed by atoms with van der Waals surface area (Å²) in [4.78, 5) is 9.91. The van der Waals surface area contributed by atoms with E-state index in [9.17, 15) is 4.79 Å². The molecule has 0 aromatic rings. The summed E-state index contributed by atoms with van der Waals surface area (Å²) in [7, 11) is 0. The fourth-order valence-electron chi connectivity index (χ4n) is 0.315. The highest BCUT2D eigenvalue weighted by Crippen LogP contribution is 2.04. The second kappa shape index (κ2) is 2.52. The first-order valence-electron chi connectivity index (χ1n) is 2.02. The first kappa shape index (κ1) is 5.37. The van der Waals surface area contributed by atoms with Crippen LogP contribution in [0.5, 0.6) is 0 Å². The fourth-order valence-corrected chi connectivity index (χ4v) is 0.744. The normalized spacial score (nSPS) is 16.8. The first-order valence-corrected chi connectivity index (χ1v) is 2.96. The van der Waals surface area contributed by atoms with Gasteiger partial charge >= 0.3 is 0 Å². The molecule has 0 aliphatic carbocycles. The van der Waals surface area contributed by atoms with Crippen molar-refractivity contribution in [3.63, 3.8) is 0 Å². The fraction of sp³-hybridized carbons (Fsp3) is 0. The second-order valence-electron chi connectivity index (χ2n) is 1.13. The van der Waals surface area contributed by atoms with Gasteiger partial charge in [0.1, 0.15) is 0 Å². The van der Waals surface area contributed by atoms with Gasteiger partial charge in [-0.15, -0.1) is 0 Å². The average Bonchev–Trinajstić information content (AvgIpc) is 1.90. The molecular formula is C4H4N2OS. The zero-order chi connectivity index (χ0) is 5.82. The van der Waals surface area contributed by atoms with Crippen LogP contribution in [0.15, 0.2) is 16.7 Å². The molecule has 0 unspecified atom stereocenters. The number of rotatable bonds is 1. The number of hydrazone groups is 1. The van der Waals surface area contributed by atoms with E-state index in [1.165, 1.54) is 16.8 Å². The summed E-state index contributed by atoms with van der Waals surface area (Å²) in [6.45, 7) is 0. The Morgan fingerprint density at radius 3 is 3.00 bits per heavy atom. The van der Waals surface area contributed by atoms with Gasteiger partial charge in [-0.3, -0.25) is 4.79 Å². The molecule has 0 aromatic carbocycles. The van der Waals surface area contributed by atoms with Crippen molar-refractivity contribution in [2.45, 2.75) is 0 Å². The van der Waals surface area contributed by atoms with E-state index >= 15 is 0 Å². The number of carbonyl (C=O) groups excluding carboxylic acids is 1. The molecule has 1 heterocycles. The van der Waals surface area contributed by atoms with E-state index in [4.69, 9.17) is 0 Å². The van der Waals surface area contributed by atoms with Crippen LogP contribution in [0.1, 0.15) is 0 Å². The van der Waals surface area contributed by atoms with Gasteiger partial charge in [-0.2, -0.15) is 5.10 Å². The predicted octanol–water partition coefficient (Wildman–Crippen LogP) is 0.606. The van der Waals surface area contributed by atoms with E-state index in [1.807, 2.05) is 0 Å². The van der Waals surface area contributed by atoms with Crippen LogP contribution in [-0.4, -0.2) is 17.0 Å².